The van der Waals surface area contributed by atoms with Gasteiger partial charge >= 0.3 is 5.97 Å². The summed E-state index contributed by atoms with van der Waals surface area (Å²) in [5, 5.41) is 9.09. The van der Waals surface area contributed by atoms with E-state index in [1.54, 1.807) is 18.3 Å². The second-order valence-electron chi connectivity index (χ2n) is 8.85. The first-order valence-corrected chi connectivity index (χ1v) is 12.0. The number of aromatic nitrogens is 3. The minimum absolute atomic E-state index is 0.0511. The monoisotopic (exact) mass is 512 g/mol. The number of carbonyl (C=O) groups is 2. The lowest BCUT2D eigenvalue weighted by Crippen LogP contribution is -2.27. The molecule has 2 aromatic carbocycles. The van der Waals surface area contributed by atoms with E-state index in [0.717, 1.165) is 23.2 Å². The number of rotatable bonds is 1. The first kappa shape index (κ1) is 24.8. The molecule has 2 aliphatic rings. The molecule has 0 fully saturated rings. The molecule has 1 amide bonds. The Labute approximate surface area is 218 Å². The fraction of sp³-hybridized carbons (Fsp3) is 0.179. The van der Waals surface area contributed by atoms with Crippen LogP contribution in [0.15, 0.2) is 60.9 Å². The zero-order chi connectivity index (χ0) is 26.6. The van der Waals surface area contributed by atoms with E-state index in [4.69, 9.17) is 4.74 Å². The third kappa shape index (κ3) is 5.29. The number of benzene rings is 2. The Kier molecular flexibility index (Phi) is 6.94. The summed E-state index contributed by atoms with van der Waals surface area (Å²) in [7, 11) is 1.25. The van der Waals surface area contributed by atoms with Crippen molar-refractivity contribution >= 4 is 35.0 Å². The van der Waals surface area contributed by atoms with E-state index < -0.39 is 11.9 Å². The maximum atomic E-state index is 14.7. The normalized spacial score (nSPS) is 13.1. The third-order valence-electron chi connectivity index (χ3n) is 6.18. The van der Waals surface area contributed by atoms with E-state index in [9.17, 15) is 14.0 Å². The topological polar surface area (TPSA) is 118 Å². The number of nitrogens with one attached hydrogen (secondary N) is 3. The predicted octanol–water partition coefficient (Wildman–Crippen LogP) is 4.94. The van der Waals surface area contributed by atoms with Gasteiger partial charge in [-0.15, -0.1) is 0 Å². The molecule has 0 radical (unpaired) electrons. The van der Waals surface area contributed by atoms with Crippen LogP contribution in [0.1, 0.15) is 38.3 Å². The van der Waals surface area contributed by atoms with Crippen LogP contribution in [0.2, 0.25) is 0 Å². The highest BCUT2D eigenvalue weighted by Gasteiger charge is 2.20. The van der Waals surface area contributed by atoms with Crippen molar-refractivity contribution in [3.63, 3.8) is 0 Å². The van der Waals surface area contributed by atoms with Gasteiger partial charge < -0.3 is 20.7 Å². The minimum Gasteiger partial charge on any atom is -0.465 e. The highest BCUT2D eigenvalue weighted by molar-refractivity contribution is 6.06. The Morgan fingerprint density at radius 1 is 1.03 bits per heavy atom. The fourth-order valence-electron chi connectivity index (χ4n) is 4.17. The van der Waals surface area contributed by atoms with E-state index in [1.807, 2.05) is 31.2 Å². The van der Waals surface area contributed by atoms with Gasteiger partial charge in [0.2, 0.25) is 11.9 Å². The molecular weight excluding hydrogens is 487 g/mol. The summed E-state index contributed by atoms with van der Waals surface area (Å²) >= 11 is 0. The van der Waals surface area contributed by atoms with Crippen molar-refractivity contribution in [1.29, 1.82) is 0 Å². The summed E-state index contributed by atoms with van der Waals surface area (Å²) in [6, 6.07) is 14.2. The lowest BCUT2D eigenvalue weighted by atomic mass is 9.99. The standard InChI is InChI=1S/C28H25FN6O3/c1-16-14-32-28-34-23-13-19(15-31-24(23)29)18-8-9-21(22(12-18)27(37)38-2)26(36)30-10-4-6-17-5-3-7-20(11-17)33-25(16)35-28/h3,5,7-9,11-15H,4,6,10H2,1-2H3,(H,30,36)(H2,32,33,34,35). The van der Waals surface area contributed by atoms with E-state index in [-0.39, 0.29) is 28.7 Å². The minimum atomic E-state index is -0.744. The average Bonchev–Trinajstić information content (AvgIpc) is 2.93. The van der Waals surface area contributed by atoms with Gasteiger partial charge in [-0.3, -0.25) is 4.79 Å². The van der Waals surface area contributed by atoms with Crippen molar-refractivity contribution in [2.45, 2.75) is 19.8 Å². The third-order valence-corrected chi connectivity index (χ3v) is 6.18. The lowest BCUT2D eigenvalue weighted by Gasteiger charge is -2.14. The number of hydrogen-bond acceptors (Lipinski definition) is 8. The van der Waals surface area contributed by atoms with Gasteiger partial charge in [-0.05, 0) is 61.2 Å². The Hall–Kier alpha value is -4.86. The van der Waals surface area contributed by atoms with Gasteiger partial charge in [-0.25, -0.2) is 14.8 Å². The van der Waals surface area contributed by atoms with Gasteiger partial charge in [0, 0.05) is 35.8 Å². The molecule has 4 aromatic rings. The van der Waals surface area contributed by atoms with Crippen molar-refractivity contribution in [3.05, 3.63) is 89.1 Å². The van der Waals surface area contributed by atoms with Gasteiger partial charge in [-0.2, -0.15) is 9.37 Å². The van der Waals surface area contributed by atoms with Crippen LogP contribution < -0.4 is 16.0 Å². The lowest BCUT2D eigenvalue weighted by molar-refractivity contribution is 0.0596. The van der Waals surface area contributed by atoms with Crippen molar-refractivity contribution in [3.8, 4) is 11.1 Å². The SMILES string of the molecule is COC(=O)c1cc2ccc1C(=O)NCCCc1cccc(c1)Nc1nc(ncc1C)Nc1cc-2cnc1F. The largest absolute Gasteiger partial charge is 0.465 e. The molecule has 0 aliphatic carbocycles. The number of halogens is 1. The first-order chi connectivity index (χ1) is 18.4. The number of anilines is 4. The molecule has 4 heterocycles. The number of amides is 1. The molecule has 3 N–H and O–H groups in total. The zero-order valence-corrected chi connectivity index (χ0v) is 20.8. The molecule has 8 bridgehead atoms. The first-order valence-electron chi connectivity index (χ1n) is 12.0. The molecular formula is C28H25FN6O3. The van der Waals surface area contributed by atoms with Crippen LogP contribution in [0.5, 0.6) is 0 Å². The molecule has 6 rings (SSSR count). The van der Waals surface area contributed by atoms with Crippen molar-refractivity contribution in [2.24, 2.45) is 0 Å². The summed E-state index contributed by atoms with van der Waals surface area (Å²) in [4.78, 5) is 38.2. The van der Waals surface area contributed by atoms with Crippen molar-refractivity contribution < 1.29 is 18.7 Å². The quantitative estimate of drug-likeness (QED) is 0.243. The Morgan fingerprint density at radius 2 is 1.89 bits per heavy atom. The summed E-state index contributed by atoms with van der Waals surface area (Å²) in [6.45, 7) is 2.30. The van der Waals surface area contributed by atoms with Crippen LogP contribution in [0.3, 0.4) is 0 Å². The average molecular weight is 513 g/mol. The Morgan fingerprint density at radius 3 is 2.74 bits per heavy atom. The summed E-state index contributed by atoms with van der Waals surface area (Å²) in [5.74, 6) is -1.02. The number of fused-ring (bicyclic) bond motifs is 6. The van der Waals surface area contributed by atoms with Crippen LogP contribution in [-0.4, -0.2) is 40.5 Å². The molecule has 0 unspecified atom stereocenters. The summed E-state index contributed by atoms with van der Waals surface area (Å²) in [6.07, 6.45) is 4.42. The molecule has 2 aliphatic heterocycles. The molecule has 10 heteroatoms. The maximum absolute atomic E-state index is 14.7. The van der Waals surface area contributed by atoms with E-state index in [1.165, 1.54) is 25.4 Å². The molecule has 38 heavy (non-hydrogen) atoms. The van der Waals surface area contributed by atoms with E-state index >= 15 is 0 Å². The number of pyridine rings is 1. The number of ether oxygens (including phenoxy) is 1. The summed E-state index contributed by atoms with van der Waals surface area (Å²) in [5.41, 5.74) is 4.14. The van der Waals surface area contributed by atoms with Crippen LogP contribution in [-0.2, 0) is 11.2 Å². The van der Waals surface area contributed by atoms with Gasteiger partial charge in [-0.1, -0.05) is 18.2 Å². The number of carbonyl (C=O) groups excluding carboxylic acids is 2. The molecule has 0 saturated heterocycles. The van der Waals surface area contributed by atoms with Gasteiger partial charge in [0.1, 0.15) is 5.82 Å². The van der Waals surface area contributed by atoms with E-state index in [0.29, 0.717) is 29.9 Å². The number of hydrogen-bond donors (Lipinski definition) is 3. The molecule has 0 saturated carbocycles. The van der Waals surface area contributed by atoms with Gasteiger partial charge in [0.25, 0.3) is 5.91 Å². The number of aryl methyl sites for hydroxylation is 2. The van der Waals surface area contributed by atoms with Crippen LogP contribution in [0.4, 0.5) is 27.5 Å². The highest BCUT2D eigenvalue weighted by atomic mass is 19.1. The molecule has 0 atom stereocenters. The second kappa shape index (κ2) is 10.6. The van der Waals surface area contributed by atoms with E-state index in [2.05, 4.69) is 30.9 Å². The smallest absolute Gasteiger partial charge is 0.338 e. The van der Waals surface area contributed by atoms with Crippen molar-refractivity contribution in [2.75, 3.05) is 24.3 Å². The van der Waals surface area contributed by atoms with Gasteiger partial charge in [0.05, 0.1) is 23.9 Å². The van der Waals surface area contributed by atoms with Crippen LogP contribution in [0.25, 0.3) is 11.1 Å². The zero-order valence-electron chi connectivity index (χ0n) is 20.8. The molecule has 2 aromatic heterocycles. The predicted molar refractivity (Wildman–Crippen MR) is 141 cm³/mol. The van der Waals surface area contributed by atoms with Crippen LogP contribution >= 0.6 is 0 Å². The Balaban J connectivity index is 1.60. The van der Waals surface area contributed by atoms with Gasteiger partial charge in [0.15, 0.2) is 0 Å². The number of esters is 1. The van der Waals surface area contributed by atoms with Crippen molar-refractivity contribution in [1.82, 2.24) is 20.3 Å². The number of methoxy groups -OCH3 is 1. The molecule has 0 spiro atoms. The number of nitrogens with zero attached hydrogens (tertiary/aromatic N) is 3. The summed E-state index contributed by atoms with van der Waals surface area (Å²) < 4.78 is 19.6. The molecule has 9 nitrogen and oxygen atoms in total. The maximum Gasteiger partial charge on any atom is 0.338 e. The fourth-order valence-corrected chi connectivity index (χ4v) is 4.17. The highest BCUT2D eigenvalue weighted by Crippen LogP contribution is 2.28. The molecule has 192 valence electrons. The van der Waals surface area contributed by atoms with Crippen LogP contribution in [0, 0.1) is 12.9 Å². The Bertz CT molecular complexity index is 1540. The second-order valence-corrected chi connectivity index (χ2v) is 8.85.